The van der Waals surface area contributed by atoms with Crippen molar-refractivity contribution in [3.8, 4) is 11.5 Å². The minimum Gasteiger partial charge on any atom is -0.493 e. The molecule has 8 nitrogen and oxygen atoms in total. The number of nitrogens with zero attached hydrogens (tertiary/aromatic N) is 2. The molecule has 0 spiro atoms. The molecule has 2 aromatic carbocycles. The van der Waals surface area contributed by atoms with Crippen LogP contribution in [0.5, 0.6) is 11.5 Å². The van der Waals surface area contributed by atoms with Crippen molar-refractivity contribution in [2.45, 2.75) is 13.5 Å². The average Bonchev–Trinajstić information content (AvgIpc) is 2.72. The van der Waals surface area contributed by atoms with Crippen molar-refractivity contribution >= 4 is 23.3 Å². The minimum atomic E-state index is -1.01. The van der Waals surface area contributed by atoms with Gasteiger partial charge in [-0.2, -0.15) is 0 Å². The standard InChI is InChI=1S/C21H22N4O4/c1-13-23-19(22-12-14-8-9-17(28-2)18(10-14)29-3)11-20(24-13)25-16-7-5-4-6-15(16)21(26)27/h4-11H,12H2,1-3H3,(H,26,27)(H2,22,23,24,25). The smallest absolute Gasteiger partial charge is 0.337 e. The summed E-state index contributed by atoms with van der Waals surface area (Å²) in [6, 6.07) is 14.1. The van der Waals surface area contributed by atoms with Crippen LogP contribution in [0.15, 0.2) is 48.5 Å². The van der Waals surface area contributed by atoms with Crippen LogP contribution in [0.1, 0.15) is 21.7 Å². The maximum absolute atomic E-state index is 11.4. The van der Waals surface area contributed by atoms with Gasteiger partial charge in [-0.15, -0.1) is 0 Å². The zero-order chi connectivity index (χ0) is 20.8. The summed E-state index contributed by atoms with van der Waals surface area (Å²) < 4.78 is 10.6. The maximum atomic E-state index is 11.4. The van der Waals surface area contributed by atoms with E-state index in [9.17, 15) is 9.90 Å². The van der Waals surface area contributed by atoms with Crippen LogP contribution in [0, 0.1) is 6.92 Å². The van der Waals surface area contributed by atoms with Gasteiger partial charge in [0.2, 0.25) is 0 Å². The first kappa shape index (κ1) is 19.9. The Morgan fingerprint density at radius 2 is 1.72 bits per heavy atom. The number of ether oxygens (including phenoxy) is 2. The second kappa shape index (κ2) is 8.92. The fraction of sp³-hybridized carbons (Fsp3) is 0.190. The lowest BCUT2D eigenvalue weighted by Gasteiger charge is -2.13. The fourth-order valence-electron chi connectivity index (χ4n) is 2.82. The van der Waals surface area contributed by atoms with Crippen molar-refractivity contribution in [1.82, 2.24) is 9.97 Å². The Balaban J connectivity index is 1.77. The molecule has 1 heterocycles. The Hall–Kier alpha value is -3.81. The molecule has 150 valence electrons. The van der Waals surface area contributed by atoms with E-state index in [1.807, 2.05) is 18.2 Å². The number of aromatic nitrogens is 2. The van der Waals surface area contributed by atoms with Gasteiger partial charge in [0.25, 0.3) is 0 Å². The van der Waals surface area contributed by atoms with Crippen LogP contribution < -0.4 is 20.1 Å². The van der Waals surface area contributed by atoms with Crippen molar-refractivity contribution in [2.75, 3.05) is 24.9 Å². The summed E-state index contributed by atoms with van der Waals surface area (Å²) in [7, 11) is 3.19. The van der Waals surface area contributed by atoms with Gasteiger partial charge in [0.15, 0.2) is 11.5 Å². The molecule has 3 N–H and O–H groups in total. The van der Waals surface area contributed by atoms with Crippen LogP contribution in [0.4, 0.5) is 17.3 Å². The summed E-state index contributed by atoms with van der Waals surface area (Å²) >= 11 is 0. The minimum absolute atomic E-state index is 0.170. The summed E-state index contributed by atoms with van der Waals surface area (Å²) in [6.45, 7) is 2.29. The van der Waals surface area contributed by atoms with E-state index in [4.69, 9.17) is 9.47 Å². The first-order valence-electron chi connectivity index (χ1n) is 8.90. The molecular weight excluding hydrogens is 372 g/mol. The predicted molar refractivity (Wildman–Crippen MR) is 110 cm³/mol. The number of nitrogens with one attached hydrogen (secondary N) is 2. The van der Waals surface area contributed by atoms with E-state index in [1.54, 1.807) is 45.4 Å². The highest BCUT2D eigenvalue weighted by Gasteiger charge is 2.11. The Labute approximate surface area is 168 Å². The highest BCUT2D eigenvalue weighted by atomic mass is 16.5. The zero-order valence-corrected chi connectivity index (χ0v) is 16.4. The second-order valence-electron chi connectivity index (χ2n) is 6.20. The Morgan fingerprint density at radius 3 is 2.45 bits per heavy atom. The molecule has 0 atom stereocenters. The van der Waals surface area contributed by atoms with Crippen LogP contribution >= 0.6 is 0 Å². The molecule has 0 fully saturated rings. The number of carboxylic acids is 1. The van der Waals surface area contributed by atoms with Gasteiger partial charge in [0, 0.05) is 12.6 Å². The monoisotopic (exact) mass is 394 g/mol. The molecule has 0 saturated heterocycles. The number of methoxy groups -OCH3 is 2. The molecule has 0 amide bonds. The van der Waals surface area contributed by atoms with Crippen LogP contribution in [0.2, 0.25) is 0 Å². The molecule has 8 heteroatoms. The summed E-state index contributed by atoms with van der Waals surface area (Å²) in [5.41, 5.74) is 1.62. The maximum Gasteiger partial charge on any atom is 0.337 e. The van der Waals surface area contributed by atoms with Gasteiger partial charge in [0.1, 0.15) is 17.5 Å². The highest BCUT2D eigenvalue weighted by molar-refractivity contribution is 5.95. The molecule has 0 aliphatic carbocycles. The molecule has 3 rings (SSSR count). The van der Waals surface area contributed by atoms with Crippen molar-refractivity contribution < 1.29 is 19.4 Å². The van der Waals surface area contributed by atoms with Crippen LogP contribution in [0.25, 0.3) is 0 Å². The number of aryl methyl sites for hydroxylation is 1. The SMILES string of the molecule is COc1ccc(CNc2cc(Nc3ccccc3C(=O)O)nc(C)n2)cc1OC. The van der Waals surface area contributed by atoms with Crippen LogP contribution in [-0.2, 0) is 6.54 Å². The van der Waals surface area contributed by atoms with Crippen LogP contribution in [0.3, 0.4) is 0 Å². The molecule has 0 radical (unpaired) electrons. The predicted octanol–water partition coefficient (Wildman–Crippen LogP) is 3.86. The van der Waals surface area contributed by atoms with E-state index >= 15 is 0 Å². The molecule has 0 aliphatic rings. The third-order valence-corrected chi connectivity index (χ3v) is 4.18. The number of anilines is 3. The average molecular weight is 394 g/mol. The second-order valence-corrected chi connectivity index (χ2v) is 6.20. The largest absolute Gasteiger partial charge is 0.493 e. The number of benzene rings is 2. The van der Waals surface area contributed by atoms with Gasteiger partial charge in [-0.25, -0.2) is 14.8 Å². The van der Waals surface area contributed by atoms with Crippen molar-refractivity contribution in [1.29, 1.82) is 0 Å². The topological polar surface area (TPSA) is 106 Å². The van der Waals surface area contributed by atoms with Crippen molar-refractivity contribution in [3.63, 3.8) is 0 Å². The van der Waals surface area contributed by atoms with E-state index in [0.29, 0.717) is 41.2 Å². The lowest BCUT2D eigenvalue weighted by atomic mass is 10.2. The number of carboxylic acid groups (broad SMARTS) is 1. The van der Waals surface area contributed by atoms with E-state index in [1.165, 1.54) is 6.07 Å². The number of hydrogen-bond donors (Lipinski definition) is 3. The molecular formula is C21H22N4O4. The van der Waals surface area contributed by atoms with Gasteiger partial charge in [-0.05, 0) is 36.8 Å². The van der Waals surface area contributed by atoms with Gasteiger partial charge in [-0.3, -0.25) is 0 Å². The first-order valence-corrected chi connectivity index (χ1v) is 8.90. The summed E-state index contributed by atoms with van der Waals surface area (Å²) in [4.78, 5) is 20.1. The Morgan fingerprint density at radius 1 is 1.00 bits per heavy atom. The summed E-state index contributed by atoms with van der Waals surface area (Å²) in [6.07, 6.45) is 0. The van der Waals surface area contributed by atoms with Gasteiger partial charge < -0.3 is 25.2 Å². The first-order chi connectivity index (χ1) is 14.0. The van der Waals surface area contributed by atoms with E-state index in [2.05, 4.69) is 20.6 Å². The van der Waals surface area contributed by atoms with Crippen molar-refractivity contribution in [2.24, 2.45) is 0 Å². The number of aromatic carboxylic acids is 1. The number of rotatable bonds is 8. The summed E-state index contributed by atoms with van der Waals surface area (Å²) in [5.74, 6) is 1.97. The van der Waals surface area contributed by atoms with Gasteiger partial charge in [0.05, 0.1) is 25.5 Å². The third-order valence-electron chi connectivity index (χ3n) is 4.18. The lowest BCUT2D eigenvalue weighted by molar-refractivity contribution is 0.0698. The van der Waals surface area contributed by atoms with Gasteiger partial charge in [-0.1, -0.05) is 18.2 Å². The van der Waals surface area contributed by atoms with E-state index < -0.39 is 5.97 Å². The van der Waals surface area contributed by atoms with Crippen molar-refractivity contribution in [3.05, 3.63) is 65.5 Å². The quantitative estimate of drug-likeness (QED) is 0.529. The fourth-order valence-corrected chi connectivity index (χ4v) is 2.82. The normalized spacial score (nSPS) is 10.3. The molecule has 3 aromatic rings. The molecule has 0 bridgehead atoms. The molecule has 29 heavy (non-hydrogen) atoms. The Bertz CT molecular complexity index is 1020. The summed E-state index contributed by atoms with van der Waals surface area (Å²) in [5, 5.41) is 15.6. The van der Waals surface area contributed by atoms with E-state index in [0.717, 1.165) is 5.56 Å². The van der Waals surface area contributed by atoms with Crippen LogP contribution in [-0.4, -0.2) is 35.3 Å². The van der Waals surface area contributed by atoms with E-state index in [-0.39, 0.29) is 5.56 Å². The Kier molecular flexibility index (Phi) is 6.13. The number of para-hydroxylation sites is 1. The molecule has 0 unspecified atom stereocenters. The highest BCUT2D eigenvalue weighted by Crippen LogP contribution is 2.28. The lowest BCUT2D eigenvalue weighted by Crippen LogP contribution is -2.07. The third kappa shape index (κ3) is 4.92. The number of carbonyl (C=O) groups is 1. The number of hydrogen-bond acceptors (Lipinski definition) is 7. The zero-order valence-electron chi connectivity index (χ0n) is 16.4. The molecule has 1 aromatic heterocycles. The van der Waals surface area contributed by atoms with Gasteiger partial charge >= 0.3 is 5.97 Å². The molecule has 0 saturated carbocycles. The molecule has 0 aliphatic heterocycles.